The summed E-state index contributed by atoms with van der Waals surface area (Å²) in [4.78, 5) is 25.7. The van der Waals surface area contributed by atoms with E-state index in [9.17, 15) is 9.59 Å². The number of carbonyl (C=O) groups is 2. The zero-order chi connectivity index (χ0) is 14.7. The molecule has 4 nitrogen and oxygen atoms in total. The molecular formula is C16H22N2O2. The van der Waals surface area contributed by atoms with Gasteiger partial charge in [0.1, 0.15) is 0 Å². The van der Waals surface area contributed by atoms with Crippen LogP contribution in [0.3, 0.4) is 0 Å². The van der Waals surface area contributed by atoms with Gasteiger partial charge in [-0.3, -0.25) is 14.5 Å². The van der Waals surface area contributed by atoms with Gasteiger partial charge in [0.2, 0.25) is 11.8 Å². The van der Waals surface area contributed by atoms with Crippen LogP contribution < -0.4 is 10.2 Å². The first kappa shape index (κ1) is 14.7. The number of carbonyl (C=O) groups excluding carboxylic acids is 2. The minimum absolute atomic E-state index is 0.0961. The summed E-state index contributed by atoms with van der Waals surface area (Å²) in [6.45, 7) is 7.46. The van der Waals surface area contributed by atoms with E-state index < -0.39 is 0 Å². The number of benzene rings is 1. The van der Waals surface area contributed by atoms with Crippen LogP contribution in [-0.4, -0.2) is 18.4 Å². The summed E-state index contributed by atoms with van der Waals surface area (Å²) in [7, 11) is 0. The highest BCUT2D eigenvalue weighted by Crippen LogP contribution is 2.30. The molecule has 0 aromatic heterocycles. The minimum atomic E-state index is -0.232. The van der Waals surface area contributed by atoms with E-state index in [4.69, 9.17) is 0 Å². The lowest BCUT2D eigenvalue weighted by atomic mass is 10.00. The Labute approximate surface area is 120 Å². The molecule has 1 aliphatic heterocycles. The first-order valence-electron chi connectivity index (χ1n) is 7.23. The van der Waals surface area contributed by atoms with E-state index in [1.807, 2.05) is 38.1 Å². The second kappa shape index (κ2) is 6.18. The van der Waals surface area contributed by atoms with Gasteiger partial charge in [0.15, 0.2) is 0 Å². The van der Waals surface area contributed by atoms with Crippen LogP contribution in [0.1, 0.15) is 32.8 Å². The highest BCUT2D eigenvalue weighted by molar-refractivity contribution is 6.21. The van der Waals surface area contributed by atoms with Gasteiger partial charge in [0.25, 0.3) is 0 Å². The van der Waals surface area contributed by atoms with E-state index in [2.05, 4.69) is 12.2 Å². The summed E-state index contributed by atoms with van der Waals surface area (Å²) in [5.41, 5.74) is 1.77. The third-order valence-electron chi connectivity index (χ3n) is 3.89. The Morgan fingerprint density at radius 1 is 1.15 bits per heavy atom. The topological polar surface area (TPSA) is 49.4 Å². The van der Waals surface area contributed by atoms with Crippen LogP contribution in [0.15, 0.2) is 24.3 Å². The van der Waals surface area contributed by atoms with Gasteiger partial charge in [-0.1, -0.05) is 32.9 Å². The maximum absolute atomic E-state index is 12.2. The fourth-order valence-corrected chi connectivity index (χ4v) is 2.41. The Morgan fingerprint density at radius 2 is 1.80 bits per heavy atom. The molecule has 1 heterocycles. The fourth-order valence-electron chi connectivity index (χ4n) is 2.41. The number of hydrogen-bond donors (Lipinski definition) is 1. The summed E-state index contributed by atoms with van der Waals surface area (Å²) < 4.78 is 0. The molecule has 2 atom stereocenters. The Kier molecular flexibility index (Phi) is 4.55. The highest BCUT2D eigenvalue weighted by Gasteiger charge is 2.42. The van der Waals surface area contributed by atoms with Gasteiger partial charge in [0, 0.05) is 18.4 Å². The average Bonchev–Trinajstić information content (AvgIpc) is 2.64. The normalized spacial score (nSPS) is 22.6. The number of imide groups is 1. The maximum Gasteiger partial charge on any atom is 0.237 e. The molecule has 0 bridgehead atoms. The van der Waals surface area contributed by atoms with Gasteiger partial charge >= 0.3 is 0 Å². The number of rotatable bonds is 5. The lowest BCUT2D eigenvalue weighted by molar-refractivity contribution is -0.122. The molecule has 0 radical (unpaired) electrons. The van der Waals surface area contributed by atoms with Crippen molar-refractivity contribution in [3.8, 4) is 0 Å². The molecule has 1 fully saturated rings. The van der Waals surface area contributed by atoms with Gasteiger partial charge in [-0.15, -0.1) is 0 Å². The number of hydrogen-bond acceptors (Lipinski definition) is 3. The Bertz CT molecular complexity index is 493. The summed E-state index contributed by atoms with van der Waals surface area (Å²) in [6.07, 6.45) is 1.08. The third kappa shape index (κ3) is 2.75. The second-order valence-electron chi connectivity index (χ2n) is 5.44. The molecule has 1 saturated heterocycles. The van der Waals surface area contributed by atoms with E-state index in [1.54, 1.807) is 0 Å². The molecule has 0 aliphatic carbocycles. The van der Waals surface area contributed by atoms with E-state index in [0.717, 1.165) is 25.1 Å². The quantitative estimate of drug-likeness (QED) is 0.662. The zero-order valence-corrected chi connectivity index (χ0v) is 12.3. The van der Waals surface area contributed by atoms with Crippen molar-refractivity contribution < 1.29 is 9.59 Å². The maximum atomic E-state index is 12.2. The molecule has 108 valence electrons. The fraction of sp³-hybridized carbons (Fsp3) is 0.500. The van der Waals surface area contributed by atoms with E-state index in [1.165, 1.54) is 4.90 Å². The molecular weight excluding hydrogens is 252 g/mol. The van der Waals surface area contributed by atoms with Crippen molar-refractivity contribution in [3.05, 3.63) is 29.8 Å². The molecule has 2 amide bonds. The van der Waals surface area contributed by atoms with Crippen molar-refractivity contribution in [3.63, 3.8) is 0 Å². The predicted octanol–water partition coefficient (Wildman–Crippen LogP) is 2.33. The van der Waals surface area contributed by atoms with E-state index in [-0.39, 0.29) is 23.7 Å². The van der Waals surface area contributed by atoms with Crippen LogP contribution in [0.2, 0.25) is 0 Å². The largest absolute Gasteiger partial charge is 0.313 e. The number of amides is 2. The summed E-state index contributed by atoms with van der Waals surface area (Å²) in [5.74, 6) is -0.656. The summed E-state index contributed by atoms with van der Waals surface area (Å²) in [6, 6.07) is 7.64. The molecule has 1 aliphatic rings. The van der Waals surface area contributed by atoms with Crippen LogP contribution in [0, 0.1) is 11.8 Å². The molecule has 20 heavy (non-hydrogen) atoms. The molecule has 2 rings (SSSR count). The van der Waals surface area contributed by atoms with Crippen LogP contribution in [0.25, 0.3) is 0 Å². The minimum Gasteiger partial charge on any atom is -0.313 e. The zero-order valence-electron chi connectivity index (χ0n) is 12.3. The van der Waals surface area contributed by atoms with Gasteiger partial charge in [-0.05, 0) is 30.7 Å². The lowest BCUT2D eigenvalue weighted by Crippen LogP contribution is -2.30. The molecule has 0 spiro atoms. The SMILES string of the molecule is CCCNCc1cccc(N2C(=O)C(C)C(C)C2=O)c1. The Balaban J connectivity index is 2.18. The first-order valence-corrected chi connectivity index (χ1v) is 7.23. The third-order valence-corrected chi connectivity index (χ3v) is 3.89. The number of nitrogens with zero attached hydrogens (tertiary/aromatic N) is 1. The van der Waals surface area contributed by atoms with Crippen LogP contribution in [-0.2, 0) is 16.1 Å². The lowest BCUT2D eigenvalue weighted by Gasteiger charge is -2.16. The molecule has 1 N–H and O–H groups in total. The van der Waals surface area contributed by atoms with E-state index in [0.29, 0.717) is 5.69 Å². The molecule has 1 aromatic rings. The van der Waals surface area contributed by atoms with E-state index >= 15 is 0 Å². The smallest absolute Gasteiger partial charge is 0.237 e. The number of anilines is 1. The second-order valence-corrected chi connectivity index (χ2v) is 5.44. The molecule has 2 unspecified atom stereocenters. The Hall–Kier alpha value is -1.68. The van der Waals surface area contributed by atoms with Crippen molar-refractivity contribution >= 4 is 17.5 Å². The molecule has 4 heteroatoms. The van der Waals surface area contributed by atoms with Crippen molar-refractivity contribution in [2.75, 3.05) is 11.4 Å². The van der Waals surface area contributed by atoms with Crippen molar-refractivity contribution in [2.24, 2.45) is 11.8 Å². The van der Waals surface area contributed by atoms with Gasteiger partial charge in [-0.25, -0.2) is 0 Å². The first-order chi connectivity index (χ1) is 9.56. The summed E-state index contributed by atoms with van der Waals surface area (Å²) in [5, 5.41) is 3.32. The van der Waals surface area contributed by atoms with Crippen LogP contribution >= 0.6 is 0 Å². The Morgan fingerprint density at radius 3 is 2.40 bits per heavy atom. The standard InChI is InChI=1S/C16H22N2O2/c1-4-8-17-10-13-6-5-7-14(9-13)18-15(19)11(2)12(3)16(18)20/h5-7,9,11-12,17H,4,8,10H2,1-3H3. The average molecular weight is 274 g/mol. The number of nitrogens with one attached hydrogen (secondary N) is 1. The van der Waals surface area contributed by atoms with Crippen molar-refractivity contribution in [1.82, 2.24) is 5.32 Å². The molecule has 1 aromatic carbocycles. The van der Waals surface area contributed by atoms with Gasteiger partial charge < -0.3 is 5.32 Å². The molecule has 0 saturated carbocycles. The van der Waals surface area contributed by atoms with Crippen LogP contribution in [0.5, 0.6) is 0 Å². The monoisotopic (exact) mass is 274 g/mol. The van der Waals surface area contributed by atoms with Crippen LogP contribution in [0.4, 0.5) is 5.69 Å². The van der Waals surface area contributed by atoms with Gasteiger partial charge in [0.05, 0.1) is 5.69 Å². The predicted molar refractivity (Wildman–Crippen MR) is 79.3 cm³/mol. The van der Waals surface area contributed by atoms with Gasteiger partial charge in [-0.2, -0.15) is 0 Å². The van der Waals surface area contributed by atoms with Crippen molar-refractivity contribution in [2.45, 2.75) is 33.7 Å². The summed E-state index contributed by atoms with van der Waals surface area (Å²) >= 11 is 0. The van der Waals surface area contributed by atoms with Crippen molar-refractivity contribution in [1.29, 1.82) is 0 Å². The highest BCUT2D eigenvalue weighted by atomic mass is 16.2.